The van der Waals surface area contributed by atoms with Gasteiger partial charge in [-0.05, 0) is 25.7 Å². The highest BCUT2D eigenvalue weighted by Crippen LogP contribution is 2.33. The van der Waals surface area contributed by atoms with Crippen molar-refractivity contribution in [1.29, 1.82) is 0 Å². The second-order valence-electron chi connectivity index (χ2n) is 7.12. The molecule has 3 rings (SSSR count). The van der Waals surface area contributed by atoms with Crippen molar-refractivity contribution in [3.8, 4) is 0 Å². The Balaban J connectivity index is 1.63. The number of ether oxygens (including phenoxy) is 2. The van der Waals surface area contributed by atoms with Gasteiger partial charge < -0.3 is 25.0 Å². The van der Waals surface area contributed by atoms with Gasteiger partial charge in [0.25, 0.3) is 0 Å². The molecular weight excluding hydrogens is 310 g/mol. The zero-order valence-corrected chi connectivity index (χ0v) is 14.4. The average Bonchev–Trinajstić information content (AvgIpc) is 2.68. The molecule has 7 nitrogen and oxygen atoms in total. The van der Waals surface area contributed by atoms with Crippen LogP contribution in [0.25, 0.3) is 0 Å². The van der Waals surface area contributed by atoms with Crippen LogP contribution in [0.4, 0.5) is 0 Å². The van der Waals surface area contributed by atoms with Gasteiger partial charge in [0.2, 0.25) is 11.8 Å². The van der Waals surface area contributed by atoms with Crippen LogP contribution in [0.15, 0.2) is 0 Å². The van der Waals surface area contributed by atoms with Gasteiger partial charge in [-0.15, -0.1) is 0 Å². The Bertz CT molecular complexity index is 459. The number of carbonyl (C=O) groups is 2. The fourth-order valence-corrected chi connectivity index (χ4v) is 4.01. The van der Waals surface area contributed by atoms with E-state index in [4.69, 9.17) is 15.2 Å². The lowest BCUT2D eigenvalue weighted by Crippen LogP contribution is -2.55. The van der Waals surface area contributed by atoms with Crippen LogP contribution in [0.1, 0.15) is 25.7 Å². The largest absolute Gasteiger partial charge is 0.381 e. The molecule has 1 atom stereocenters. The molecule has 0 radical (unpaired) electrons. The first-order valence-electron chi connectivity index (χ1n) is 9.10. The highest BCUT2D eigenvalue weighted by Gasteiger charge is 2.43. The number of likely N-dealkylation sites (tertiary alicyclic amines) is 1. The number of morpholine rings is 1. The smallest absolute Gasteiger partial charge is 0.230 e. The number of rotatable bonds is 3. The lowest BCUT2D eigenvalue weighted by atomic mass is 9.78. The summed E-state index contributed by atoms with van der Waals surface area (Å²) in [6.07, 6.45) is 3.10. The topological polar surface area (TPSA) is 85.1 Å². The molecule has 0 spiro atoms. The monoisotopic (exact) mass is 339 g/mol. The molecule has 0 aromatic rings. The Morgan fingerprint density at radius 3 is 2.33 bits per heavy atom. The minimum atomic E-state index is -0.498. The molecule has 7 heteroatoms. The van der Waals surface area contributed by atoms with Gasteiger partial charge in [0.15, 0.2) is 0 Å². The van der Waals surface area contributed by atoms with E-state index < -0.39 is 5.41 Å². The van der Waals surface area contributed by atoms with E-state index in [0.29, 0.717) is 65.4 Å². The summed E-state index contributed by atoms with van der Waals surface area (Å²) in [4.78, 5) is 29.6. The average molecular weight is 339 g/mol. The van der Waals surface area contributed by atoms with Crippen molar-refractivity contribution in [3.63, 3.8) is 0 Å². The summed E-state index contributed by atoms with van der Waals surface area (Å²) < 4.78 is 10.7. The molecule has 136 valence electrons. The number of piperidine rings is 1. The van der Waals surface area contributed by atoms with Crippen LogP contribution in [0.2, 0.25) is 0 Å². The number of nitrogens with zero attached hydrogens (tertiary/aromatic N) is 2. The normalized spacial score (nSPS) is 27.8. The molecule has 2 N–H and O–H groups in total. The SMILES string of the molecule is NCC1(C(=O)N2CCCC(C(=O)N3CCOCC3)C2)CCOCC1. The van der Waals surface area contributed by atoms with Crippen molar-refractivity contribution in [2.75, 3.05) is 59.2 Å². The van der Waals surface area contributed by atoms with Gasteiger partial charge in [-0.25, -0.2) is 0 Å². The Morgan fingerprint density at radius 1 is 1.00 bits per heavy atom. The molecule has 24 heavy (non-hydrogen) atoms. The van der Waals surface area contributed by atoms with Crippen molar-refractivity contribution < 1.29 is 19.1 Å². The van der Waals surface area contributed by atoms with Gasteiger partial charge in [-0.1, -0.05) is 0 Å². The maximum atomic E-state index is 13.1. The third kappa shape index (κ3) is 3.58. The lowest BCUT2D eigenvalue weighted by Gasteiger charge is -2.42. The fourth-order valence-electron chi connectivity index (χ4n) is 4.01. The quantitative estimate of drug-likeness (QED) is 0.772. The van der Waals surface area contributed by atoms with E-state index in [9.17, 15) is 9.59 Å². The summed E-state index contributed by atoms with van der Waals surface area (Å²) in [5.74, 6) is 0.202. The first kappa shape index (κ1) is 17.6. The second kappa shape index (κ2) is 7.80. The predicted molar refractivity (Wildman–Crippen MR) is 88.2 cm³/mol. The zero-order valence-electron chi connectivity index (χ0n) is 14.4. The van der Waals surface area contributed by atoms with E-state index in [-0.39, 0.29) is 17.7 Å². The molecule has 0 saturated carbocycles. The van der Waals surface area contributed by atoms with Gasteiger partial charge in [0, 0.05) is 45.9 Å². The van der Waals surface area contributed by atoms with E-state index in [1.807, 2.05) is 9.80 Å². The molecule has 2 amide bonds. The van der Waals surface area contributed by atoms with Crippen molar-refractivity contribution in [2.45, 2.75) is 25.7 Å². The van der Waals surface area contributed by atoms with Crippen molar-refractivity contribution in [3.05, 3.63) is 0 Å². The molecule has 3 aliphatic heterocycles. The maximum absolute atomic E-state index is 13.1. The van der Waals surface area contributed by atoms with Gasteiger partial charge in [0.1, 0.15) is 0 Å². The Kier molecular flexibility index (Phi) is 5.73. The molecule has 0 aromatic carbocycles. The molecular formula is C17H29N3O4. The summed E-state index contributed by atoms with van der Waals surface area (Å²) in [6, 6.07) is 0. The summed E-state index contributed by atoms with van der Waals surface area (Å²) in [7, 11) is 0. The first-order valence-corrected chi connectivity index (χ1v) is 9.10. The summed E-state index contributed by atoms with van der Waals surface area (Å²) >= 11 is 0. The van der Waals surface area contributed by atoms with E-state index in [1.54, 1.807) is 0 Å². The Morgan fingerprint density at radius 2 is 1.67 bits per heavy atom. The maximum Gasteiger partial charge on any atom is 0.230 e. The van der Waals surface area contributed by atoms with Gasteiger partial charge in [0.05, 0.1) is 24.5 Å². The van der Waals surface area contributed by atoms with E-state index in [0.717, 1.165) is 19.4 Å². The molecule has 3 aliphatic rings. The number of carbonyl (C=O) groups excluding carboxylic acids is 2. The first-order chi connectivity index (χ1) is 11.7. The summed E-state index contributed by atoms with van der Waals surface area (Å²) in [5.41, 5.74) is 5.47. The van der Waals surface area contributed by atoms with Gasteiger partial charge >= 0.3 is 0 Å². The van der Waals surface area contributed by atoms with Crippen molar-refractivity contribution in [2.24, 2.45) is 17.1 Å². The third-order valence-electron chi connectivity index (χ3n) is 5.67. The van der Waals surface area contributed by atoms with Crippen LogP contribution in [0, 0.1) is 11.3 Å². The molecule has 3 heterocycles. The van der Waals surface area contributed by atoms with Crippen LogP contribution in [-0.2, 0) is 19.1 Å². The minimum absolute atomic E-state index is 0.0875. The van der Waals surface area contributed by atoms with Gasteiger partial charge in [-0.2, -0.15) is 0 Å². The van der Waals surface area contributed by atoms with Crippen LogP contribution in [0.3, 0.4) is 0 Å². The number of nitrogens with two attached hydrogens (primary N) is 1. The molecule has 0 bridgehead atoms. The fraction of sp³-hybridized carbons (Fsp3) is 0.882. The van der Waals surface area contributed by atoms with E-state index in [2.05, 4.69) is 0 Å². The predicted octanol–water partition coefficient (Wildman–Crippen LogP) is -0.161. The second-order valence-corrected chi connectivity index (χ2v) is 7.12. The van der Waals surface area contributed by atoms with Crippen LogP contribution < -0.4 is 5.73 Å². The molecule has 3 fully saturated rings. The molecule has 1 unspecified atom stereocenters. The Labute approximate surface area is 143 Å². The third-order valence-corrected chi connectivity index (χ3v) is 5.67. The molecule has 0 aromatic heterocycles. The van der Waals surface area contributed by atoms with E-state index in [1.165, 1.54) is 0 Å². The summed E-state index contributed by atoms with van der Waals surface area (Å²) in [6.45, 7) is 5.33. The minimum Gasteiger partial charge on any atom is -0.381 e. The van der Waals surface area contributed by atoms with Crippen LogP contribution >= 0.6 is 0 Å². The highest BCUT2D eigenvalue weighted by molar-refractivity contribution is 5.85. The number of hydrogen-bond donors (Lipinski definition) is 1. The molecule has 3 saturated heterocycles. The zero-order chi connectivity index (χ0) is 17.0. The Hall–Kier alpha value is -1.18. The lowest BCUT2D eigenvalue weighted by molar-refractivity contribution is -0.152. The summed E-state index contributed by atoms with van der Waals surface area (Å²) in [5, 5.41) is 0. The van der Waals surface area contributed by atoms with Crippen LogP contribution in [0.5, 0.6) is 0 Å². The van der Waals surface area contributed by atoms with Gasteiger partial charge in [-0.3, -0.25) is 9.59 Å². The van der Waals surface area contributed by atoms with Crippen molar-refractivity contribution in [1.82, 2.24) is 9.80 Å². The standard InChI is InChI=1S/C17H29N3O4/c18-13-17(3-8-23-9-4-17)16(22)20-5-1-2-14(12-20)15(21)19-6-10-24-11-7-19/h14H,1-13,18H2. The number of amides is 2. The van der Waals surface area contributed by atoms with Crippen LogP contribution in [-0.4, -0.2) is 80.8 Å². The van der Waals surface area contributed by atoms with E-state index >= 15 is 0 Å². The molecule has 0 aliphatic carbocycles. The van der Waals surface area contributed by atoms with Crippen molar-refractivity contribution >= 4 is 11.8 Å². The highest BCUT2D eigenvalue weighted by atomic mass is 16.5. The number of hydrogen-bond acceptors (Lipinski definition) is 5.